The summed E-state index contributed by atoms with van der Waals surface area (Å²) < 4.78 is 6.90. The van der Waals surface area contributed by atoms with E-state index in [9.17, 15) is 4.79 Å². The van der Waals surface area contributed by atoms with Crippen LogP contribution in [0.15, 0.2) is 35.5 Å². The number of aromatic amines is 1. The number of methoxy groups -OCH3 is 1. The predicted octanol–water partition coefficient (Wildman–Crippen LogP) is 1.18. The Balaban J connectivity index is 2.55. The van der Waals surface area contributed by atoms with Crippen molar-refractivity contribution in [3.05, 3.63) is 41.1 Å². The first-order valence-corrected chi connectivity index (χ1v) is 4.82. The maximum Gasteiger partial charge on any atom is 0.274 e. The quantitative estimate of drug-likeness (QED) is 0.663. The van der Waals surface area contributed by atoms with Gasteiger partial charge in [-0.05, 0) is 12.1 Å². The van der Waals surface area contributed by atoms with Gasteiger partial charge in [-0.1, -0.05) is 0 Å². The molecule has 0 saturated carbocycles. The van der Waals surface area contributed by atoms with Crippen molar-refractivity contribution in [3.8, 4) is 5.75 Å². The lowest BCUT2D eigenvalue weighted by Gasteiger charge is -2.04. The Morgan fingerprint density at radius 2 is 2.25 bits per heavy atom. The molecular weight excluding hydrogens is 206 g/mol. The van der Waals surface area contributed by atoms with Gasteiger partial charge in [-0.15, -0.1) is 0 Å². The summed E-state index contributed by atoms with van der Waals surface area (Å²) in [6.45, 7) is 0. The second kappa shape index (κ2) is 3.10. The molecule has 0 aliphatic carbocycles. The topological polar surface area (TPSA) is 59.4 Å². The number of benzene rings is 1. The van der Waals surface area contributed by atoms with Gasteiger partial charge in [-0.25, -0.2) is 4.98 Å². The lowest BCUT2D eigenvalue weighted by Crippen LogP contribution is -2.09. The molecule has 0 amide bonds. The molecule has 0 unspecified atom stereocenters. The third-order valence-electron chi connectivity index (χ3n) is 2.58. The van der Waals surface area contributed by atoms with Crippen molar-refractivity contribution in [2.45, 2.75) is 0 Å². The molecule has 5 nitrogen and oxygen atoms in total. The fourth-order valence-electron chi connectivity index (χ4n) is 1.78. The highest BCUT2D eigenvalue weighted by Crippen LogP contribution is 2.18. The Hall–Kier alpha value is -2.30. The summed E-state index contributed by atoms with van der Waals surface area (Å²) >= 11 is 0. The van der Waals surface area contributed by atoms with Crippen molar-refractivity contribution in [1.29, 1.82) is 0 Å². The van der Waals surface area contributed by atoms with Gasteiger partial charge in [0.05, 0.1) is 30.7 Å². The number of fused-ring (bicyclic) bond motifs is 3. The van der Waals surface area contributed by atoms with Crippen LogP contribution in [0.3, 0.4) is 0 Å². The number of rotatable bonds is 1. The summed E-state index contributed by atoms with van der Waals surface area (Å²) in [5, 5.41) is 0. The molecule has 1 N–H and O–H groups in total. The third kappa shape index (κ3) is 1.11. The molecule has 0 atom stereocenters. The van der Waals surface area contributed by atoms with Gasteiger partial charge in [0.2, 0.25) is 0 Å². The minimum atomic E-state index is -0.143. The Morgan fingerprint density at radius 3 is 3.06 bits per heavy atom. The average Bonchev–Trinajstić information content (AvgIpc) is 2.78. The van der Waals surface area contributed by atoms with E-state index >= 15 is 0 Å². The summed E-state index contributed by atoms with van der Waals surface area (Å²) in [6.07, 6.45) is 3.16. The van der Waals surface area contributed by atoms with Gasteiger partial charge in [0, 0.05) is 6.07 Å². The first-order chi connectivity index (χ1) is 7.79. The summed E-state index contributed by atoms with van der Waals surface area (Å²) in [5.74, 6) is 0.745. The van der Waals surface area contributed by atoms with Gasteiger partial charge in [-0.2, -0.15) is 0 Å². The zero-order valence-corrected chi connectivity index (χ0v) is 8.60. The average molecular weight is 215 g/mol. The summed E-state index contributed by atoms with van der Waals surface area (Å²) in [4.78, 5) is 18.4. The highest BCUT2D eigenvalue weighted by molar-refractivity contribution is 5.79. The fourth-order valence-corrected chi connectivity index (χ4v) is 1.78. The molecule has 2 aromatic heterocycles. The third-order valence-corrected chi connectivity index (χ3v) is 2.58. The normalized spacial score (nSPS) is 11.1. The smallest absolute Gasteiger partial charge is 0.274 e. The zero-order chi connectivity index (χ0) is 11.1. The molecule has 1 aromatic carbocycles. The van der Waals surface area contributed by atoms with E-state index in [0.717, 1.165) is 16.8 Å². The second-order valence-electron chi connectivity index (χ2n) is 3.49. The van der Waals surface area contributed by atoms with Crippen molar-refractivity contribution >= 4 is 16.6 Å². The van der Waals surface area contributed by atoms with Crippen molar-refractivity contribution < 1.29 is 4.74 Å². The van der Waals surface area contributed by atoms with E-state index < -0.39 is 0 Å². The Bertz CT molecular complexity index is 727. The van der Waals surface area contributed by atoms with Gasteiger partial charge < -0.3 is 9.72 Å². The molecule has 0 spiro atoms. The molecule has 0 aliphatic rings. The molecule has 3 aromatic rings. The molecule has 2 heterocycles. The second-order valence-corrected chi connectivity index (χ2v) is 3.49. The molecule has 80 valence electrons. The molecule has 0 fully saturated rings. The van der Waals surface area contributed by atoms with Crippen LogP contribution >= 0.6 is 0 Å². The molecule has 16 heavy (non-hydrogen) atoms. The highest BCUT2D eigenvalue weighted by Gasteiger charge is 2.05. The monoisotopic (exact) mass is 215 g/mol. The molecule has 3 rings (SSSR count). The first-order valence-electron chi connectivity index (χ1n) is 4.82. The van der Waals surface area contributed by atoms with Crippen molar-refractivity contribution in [2.24, 2.45) is 0 Å². The van der Waals surface area contributed by atoms with E-state index in [4.69, 9.17) is 4.74 Å². The van der Waals surface area contributed by atoms with E-state index in [1.807, 2.05) is 12.1 Å². The predicted molar refractivity (Wildman–Crippen MR) is 59.9 cm³/mol. The number of hydrogen-bond acceptors (Lipinski definition) is 3. The minimum Gasteiger partial charge on any atom is -0.497 e. The van der Waals surface area contributed by atoms with Crippen LogP contribution in [-0.2, 0) is 0 Å². The van der Waals surface area contributed by atoms with Crippen LogP contribution in [0.25, 0.3) is 16.6 Å². The lowest BCUT2D eigenvalue weighted by atomic mass is 10.3. The van der Waals surface area contributed by atoms with E-state index in [0.29, 0.717) is 5.52 Å². The maximum absolute atomic E-state index is 11.7. The summed E-state index contributed by atoms with van der Waals surface area (Å²) in [5.41, 5.74) is 2.01. The van der Waals surface area contributed by atoms with Gasteiger partial charge in [0.25, 0.3) is 5.56 Å². The van der Waals surface area contributed by atoms with E-state index in [1.54, 1.807) is 23.9 Å². The van der Waals surface area contributed by atoms with Crippen LogP contribution in [0.2, 0.25) is 0 Å². The number of nitrogens with one attached hydrogen (secondary N) is 1. The summed E-state index contributed by atoms with van der Waals surface area (Å²) in [6, 6.07) is 5.48. The van der Waals surface area contributed by atoms with Crippen molar-refractivity contribution in [1.82, 2.24) is 14.4 Å². The van der Waals surface area contributed by atoms with Crippen molar-refractivity contribution in [3.63, 3.8) is 0 Å². The number of nitrogens with zero attached hydrogens (tertiary/aromatic N) is 2. The van der Waals surface area contributed by atoms with Crippen LogP contribution in [0, 0.1) is 0 Å². The number of imidazole rings is 1. The van der Waals surface area contributed by atoms with Crippen LogP contribution in [0.5, 0.6) is 5.75 Å². The number of ether oxygens (including phenoxy) is 1. The maximum atomic E-state index is 11.7. The van der Waals surface area contributed by atoms with Crippen LogP contribution in [0.4, 0.5) is 0 Å². The first kappa shape index (κ1) is 8.96. The number of aromatic nitrogens is 3. The van der Waals surface area contributed by atoms with Crippen LogP contribution < -0.4 is 10.3 Å². The molecular formula is C11H9N3O2. The van der Waals surface area contributed by atoms with E-state index in [1.165, 1.54) is 6.20 Å². The Kier molecular flexibility index (Phi) is 1.73. The summed E-state index contributed by atoms with van der Waals surface area (Å²) in [7, 11) is 1.61. The Morgan fingerprint density at radius 1 is 1.38 bits per heavy atom. The van der Waals surface area contributed by atoms with Crippen molar-refractivity contribution in [2.75, 3.05) is 7.11 Å². The van der Waals surface area contributed by atoms with Gasteiger partial charge in [0.1, 0.15) is 11.3 Å². The molecule has 5 heteroatoms. The largest absolute Gasteiger partial charge is 0.497 e. The fraction of sp³-hybridized carbons (Fsp3) is 0.0909. The van der Waals surface area contributed by atoms with Crippen LogP contribution in [0.1, 0.15) is 0 Å². The number of hydrogen-bond donors (Lipinski definition) is 1. The lowest BCUT2D eigenvalue weighted by molar-refractivity contribution is 0.415. The van der Waals surface area contributed by atoms with Gasteiger partial charge >= 0.3 is 0 Å². The molecule has 0 saturated heterocycles. The molecule has 0 radical (unpaired) electrons. The van der Waals surface area contributed by atoms with Gasteiger partial charge in [0.15, 0.2) is 0 Å². The van der Waals surface area contributed by atoms with E-state index in [-0.39, 0.29) is 5.56 Å². The van der Waals surface area contributed by atoms with Gasteiger partial charge in [-0.3, -0.25) is 9.20 Å². The Labute approximate surface area is 90.3 Å². The number of H-pyrrole nitrogens is 1. The SMILES string of the molecule is COc1ccc2[nH]c(=O)c3cncn3c2c1. The van der Waals surface area contributed by atoms with E-state index in [2.05, 4.69) is 9.97 Å². The zero-order valence-electron chi connectivity index (χ0n) is 8.60. The standard InChI is InChI=1S/C11H9N3O2/c1-16-7-2-3-8-9(4-7)14-6-12-5-10(14)11(15)13-8/h2-6H,1H3,(H,13,15). The molecule has 0 bridgehead atoms. The van der Waals surface area contributed by atoms with Crippen LogP contribution in [-0.4, -0.2) is 21.5 Å². The molecule has 0 aliphatic heterocycles. The minimum absolute atomic E-state index is 0.143. The highest BCUT2D eigenvalue weighted by atomic mass is 16.5.